The molecular weight excluding hydrogens is 220 g/mol. The van der Waals surface area contributed by atoms with Crippen molar-refractivity contribution >= 4 is 33.9 Å². The van der Waals surface area contributed by atoms with Crippen molar-refractivity contribution in [1.29, 1.82) is 0 Å². The molecule has 0 aliphatic rings. The minimum absolute atomic E-state index is 0.904. The van der Waals surface area contributed by atoms with Crippen molar-refractivity contribution in [3.05, 3.63) is 59.7 Å². The summed E-state index contributed by atoms with van der Waals surface area (Å²) in [6.45, 7) is 5.77. The molecule has 3 aromatic rings. The smallest absolute Gasteiger partial charge is 0.136 e. The van der Waals surface area contributed by atoms with Gasteiger partial charge in [-0.05, 0) is 29.8 Å². The van der Waals surface area contributed by atoms with Crippen molar-refractivity contribution in [2.75, 3.05) is 0 Å². The van der Waals surface area contributed by atoms with Gasteiger partial charge in [0.2, 0.25) is 0 Å². The van der Waals surface area contributed by atoms with Crippen LogP contribution in [0.4, 0.5) is 0 Å². The van der Waals surface area contributed by atoms with Gasteiger partial charge < -0.3 is 4.42 Å². The summed E-state index contributed by atoms with van der Waals surface area (Å²) in [5.41, 5.74) is 1.83. The van der Waals surface area contributed by atoms with Gasteiger partial charge in [-0.1, -0.05) is 49.1 Å². The zero-order chi connectivity index (χ0) is 12.5. The SMILES string of the molecule is C=C/C=c1\c(=C/C)oc2ccc3ccccc3c12. The zero-order valence-corrected chi connectivity index (χ0v) is 10.3. The first kappa shape index (κ1) is 10.8. The van der Waals surface area contributed by atoms with Gasteiger partial charge >= 0.3 is 0 Å². The lowest BCUT2D eigenvalue weighted by Gasteiger charge is -1.97. The third-order valence-corrected chi connectivity index (χ3v) is 3.19. The Morgan fingerprint density at radius 3 is 2.72 bits per heavy atom. The predicted molar refractivity (Wildman–Crippen MR) is 77.8 cm³/mol. The highest BCUT2D eigenvalue weighted by molar-refractivity contribution is 6.06. The monoisotopic (exact) mass is 234 g/mol. The van der Waals surface area contributed by atoms with Gasteiger partial charge in [-0.2, -0.15) is 0 Å². The van der Waals surface area contributed by atoms with E-state index in [2.05, 4.69) is 36.9 Å². The van der Waals surface area contributed by atoms with Crippen molar-refractivity contribution in [2.24, 2.45) is 0 Å². The van der Waals surface area contributed by atoms with Crippen molar-refractivity contribution in [1.82, 2.24) is 0 Å². The number of allylic oxidation sites excluding steroid dienone is 1. The average Bonchev–Trinajstić information content (AvgIpc) is 2.78. The summed E-state index contributed by atoms with van der Waals surface area (Å²) in [6.07, 6.45) is 5.80. The number of benzene rings is 2. The topological polar surface area (TPSA) is 13.1 Å². The normalized spacial score (nSPS) is 13.6. The van der Waals surface area contributed by atoms with Gasteiger partial charge in [0.05, 0.1) is 0 Å². The highest BCUT2D eigenvalue weighted by atomic mass is 16.3. The van der Waals surface area contributed by atoms with E-state index in [1.807, 2.05) is 25.1 Å². The highest BCUT2D eigenvalue weighted by Crippen LogP contribution is 2.21. The predicted octanol–water partition coefficient (Wildman–Crippen LogP) is 3.35. The Labute approximate surface area is 105 Å². The summed E-state index contributed by atoms with van der Waals surface area (Å²) in [5.74, 6) is 0. The molecule has 1 nitrogen and oxygen atoms in total. The molecule has 18 heavy (non-hydrogen) atoms. The molecule has 0 bridgehead atoms. The summed E-state index contributed by atoms with van der Waals surface area (Å²) in [4.78, 5) is 0. The molecular formula is C17H14O. The first-order valence-corrected chi connectivity index (χ1v) is 6.04. The van der Waals surface area contributed by atoms with Crippen LogP contribution in [0.15, 0.2) is 53.5 Å². The van der Waals surface area contributed by atoms with Crippen LogP contribution in [0.25, 0.3) is 33.9 Å². The fraction of sp³-hybridized carbons (Fsp3) is 0.0588. The van der Waals surface area contributed by atoms with Crippen LogP contribution in [-0.4, -0.2) is 0 Å². The molecule has 0 amide bonds. The van der Waals surface area contributed by atoms with Crippen LogP contribution in [0, 0.1) is 0 Å². The highest BCUT2D eigenvalue weighted by Gasteiger charge is 2.06. The summed E-state index contributed by atoms with van der Waals surface area (Å²) in [5, 5.41) is 4.73. The maximum atomic E-state index is 5.87. The second-order valence-electron chi connectivity index (χ2n) is 4.23. The second-order valence-corrected chi connectivity index (χ2v) is 4.23. The number of fused-ring (bicyclic) bond motifs is 3. The Hall–Kier alpha value is -2.28. The van der Waals surface area contributed by atoms with Crippen LogP contribution in [-0.2, 0) is 0 Å². The minimum Gasteiger partial charge on any atom is -0.456 e. The molecule has 0 radical (unpaired) electrons. The Morgan fingerprint density at radius 2 is 1.94 bits per heavy atom. The van der Waals surface area contributed by atoms with Crippen LogP contribution < -0.4 is 10.6 Å². The third-order valence-electron chi connectivity index (χ3n) is 3.19. The fourth-order valence-corrected chi connectivity index (χ4v) is 2.41. The van der Waals surface area contributed by atoms with E-state index in [4.69, 9.17) is 4.42 Å². The van der Waals surface area contributed by atoms with Crippen molar-refractivity contribution < 1.29 is 4.42 Å². The van der Waals surface area contributed by atoms with Crippen molar-refractivity contribution in [3.63, 3.8) is 0 Å². The number of hydrogen-bond acceptors (Lipinski definition) is 1. The van der Waals surface area contributed by atoms with E-state index in [-0.39, 0.29) is 0 Å². The lowest BCUT2D eigenvalue weighted by atomic mass is 10.1. The maximum Gasteiger partial charge on any atom is 0.136 e. The van der Waals surface area contributed by atoms with Crippen LogP contribution in [0.3, 0.4) is 0 Å². The van der Waals surface area contributed by atoms with E-state index in [0.29, 0.717) is 0 Å². The molecule has 0 aliphatic carbocycles. The molecule has 0 atom stereocenters. The van der Waals surface area contributed by atoms with E-state index in [0.717, 1.165) is 16.2 Å². The minimum atomic E-state index is 0.904. The average molecular weight is 234 g/mol. The summed E-state index contributed by atoms with van der Waals surface area (Å²) < 4.78 is 5.87. The zero-order valence-electron chi connectivity index (χ0n) is 10.3. The Bertz CT molecular complexity index is 850. The summed E-state index contributed by atoms with van der Waals surface area (Å²) in [6, 6.07) is 12.5. The largest absolute Gasteiger partial charge is 0.456 e. The van der Waals surface area contributed by atoms with Crippen molar-refractivity contribution in [3.8, 4) is 0 Å². The van der Waals surface area contributed by atoms with Gasteiger partial charge in [0, 0.05) is 10.6 Å². The van der Waals surface area contributed by atoms with Crippen LogP contribution in [0.1, 0.15) is 6.92 Å². The lowest BCUT2D eigenvalue weighted by molar-refractivity contribution is 0.575. The van der Waals surface area contributed by atoms with Gasteiger partial charge in [0.15, 0.2) is 0 Å². The molecule has 0 spiro atoms. The van der Waals surface area contributed by atoms with E-state index in [1.54, 1.807) is 6.08 Å². The molecule has 3 rings (SSSR count). The maximum absolute atomic E-state index is 5.87. The molecule has 88 valence electrons. The molecule has 0 N–H and O–H groups in total. The summed E-state index contributed by atoms with van der Waals surface area (Å²) >= 11 is 0. The molecule has 2 aromatic carbocycles. The lowest BCUT2D eigenvalue weighted by Crippen LogP contribution is -2.19. The van der Waals surface area contributed by atoms with E-state index < -0.39 is 0 Å². The Morgan fingerprint density at radius 1 is 1.11 bits per heavy atom. The first-order chi connectivity index (χ1) is 8.85. The van der Waals surface area contributed by atoms with E-state index >= 15 is 0 Å². The van der Waals surface area contributed by atoms with Gasteiger partial charge in [0.1, 0.15) is 11.0 Å². The first-order valence-electron chi connectivity index (χ1n) is 6.04. The third kappa shape index (κ3) is 1.48. The van der Waals surface area contributed by atoms with E-state index in [9.17, 15) is 0 Å². The van der Waals surface area contributed by atoms with Crippen LogP contribution >= 0.6 is 0 Å². The molecule has 1 aromatic heterocycles. The number of hydrogen-bond donors (Lipinski definition) is 0. The Kier molecular flexibility index (Phi) is 2.52. The molecule has 0 fully saturated rings. The molecule has 1 heteroatoms. The molecule has 0 saturated heterocycles. The van der Waals surface area contributed by atoms with Crippen molar-refractivity contribution in [2.45, 2.75) is 6.92 Å². The van der Waals surface area contributed by atoms with Gasteiger partial charge in [-0.3, -0.25) is 0 Å². The number of furan rings is 1. The van der Waals surface area contributed by atoms with Crippen LogP contribution in [0.2, 0.25) is 0 Å². The molecule has 1 heterocycles. The molecule has 0 unspecified atom stereocenters. The number of rotatable bonds is 1. The quantitative estimate of drug-likeness (QED) is 0.629. The van der Waals surface area contributed by atoms with Gasteiger partial charge in [0.25, 0.3) is 0 Å². The van der Waals surface area contributed by atoms with Gasteiger partial charge in [-0.25, -0.2) is 0 Å². The summed E-state index contributed by atoms with van der Waals surface area (Å²) in [7, 11) is 0. The molecule has 0 aliphatic heterocycles. The Balaban J connectivity index is 2.69. The van der Waals surface area contributed by atoms with Crippen LogP contribution in [0.5, 0.6) is 0 Å². The standard InChI is InChI=1S/C17H14O/c1-3-7-14-15(4-2)18-16-11-10-12-8-5-6-9-13(12)17(14)16/h3-11H,1H2,2H3/b14-7+,15-4+. The van der Waals surface area contributed by atoms with E-state index in [1.165, 1.54) is 16.2 Å². The fourth-order valence-electron chi connectivity index (χ4n) is 2.41. The second kappa shape index (κ2) is 4.19. The van der Waals surface area contributed by atoms with Gasteiger partial charge in [-0.15, -0.1) is 0 Å². The molecule has 0 saturated carbocycles.